The summed E-state index contributed by atoms with van der Waals surface area (Å²) in [5, 5.41) is 3.17. The zero-order valence-corrected chi connectivity index (χ0v) is 13.1. The number of nitrogens with zero attached hydrogens (tertiary/aromatic N) is 3. The first-order chi connectivity index (χ1) is 10.2. The van der Waals surface area contributed by atoms with Crippen LogP contribution >= 0.6 is 0 Å². The van der Waals surface area contributed by atoms with Crippen molar-refractivity contribution in [3.63, 3.8) is 0 Å². The fraction of sp³-hybridized carbons (Fsp3) is 0.688. The second kappa shape index (κ2) is 7.96. The highest BCUT2D eigenvalue weighted by Crippen LogP contribution is 2.24. The zero-order valence-electron chi connectivity index (χ0n) is 13.1. The lowest BCUT2D eigenvalue weighted by Gasteiger charge is -2.26. The van der Waals surface area contributed by atoms with Crippen molar-refractivity contribution >= 4 is 11.7 Å². The largest absolute Gasteiger partial charge is 0.369 e. The van der Waals surface area contributed by atoms with Gasteiger partial charge in [-0.1, -0.05) is 26.2 Å². The Hall–Kier alpha value is -1.65. The van der Waals surface area contributed by atoms with Crippen molar-refractivity contribution in [3.05, 3.63) is 18.1 Å². The lowest BCUT2D eigenvalue weighted by Crippen LogP contribution is -2.33. The van der Waals surface area contributed by atoms with Gasteiger partial charge in [0, 0.05) is 20.1 Å². The second-order valence-corrected chi connectivity index (χ2v) is 5.91. The molecule has 1 aliphatic rings. The highest BCUT2D eigenvalue weighted by molar-refractivity contribution is 5.92. The van der Waals surface area contributed by atoms with Crippen molar-refractivity contribution in [1.29, 1.82) is 0 Å². The van der Waals surface area contributed by atoms with Crippen LogP contribution in [0.1, 0.15) is 55.9 Å². The van der Waals surface area contributed by atoms with Crippen LogP contribution in [0.2, 0.25) is 0 Å². The van der Waals surface area contributed by atoms with Crippen LogP contribution in [0, 0.1) is 5.92 Å². The minimum absolute atomic E-state index is 0.0341. The van der Waals surface area contributed by atoms with Gasteiger partial charge in [-0.2, -0.15) is 0 Å². The van der Waals surface area contributed by atoms with Gasteiger partial charge in [-0.15, -0.1) is 0 Å². The van der Waals surface area contributed by atoms with Crippen molar-refractivity contribution in [2.75, 3.05) is 25.5 Å². The van der Waals surface area contributed by atoms with E-state index in [-0.39, 0.29) is 5.91 Å². The monoisotopic (exact) mass is 290 g/mol. The molecule has 1 aliphatic carbocycles. The lowest BCUT2D eigenvalue weighted by atomic mass is 9.89. The SMILES string of the molecule is CCCNc1cncc(C(=O)N(C)CC2CCCCC2)n1. The summed E-state index contributed by atoms with van der Waals surface area (Å²) < 4.78 is 0. The van der Waals surface area contributed by atoms with Gasteiger partial charge in [0.15, 0.2) is 0 Å². The van der Waals surface area contributed by atoms with E-state index in [1.165, 1.54) is 32.1 Å². The normalized spacial score (nSPS) is 15.7. The number of hydrogen-bond donors (Lipinski definition) is 1. The lowest BCUT2D eigenvalue weighted by molar-refractivity contribution is 0.0754. The molecule has 5 heteroatoms. The highest BCUT2D eigenvalue weighted by Gasteiger charge is 2.20. The van der Waals surface area contributed by atoms with Gasteiger partial charge >= 0.3 is 0 Å². The average molecular weight is 290 g/mol. The van der Waals surface area contributed by atoms with Crippen LogP contribution < -0.4 is 5.32 Å². The summed E-state index contributed by atoms with van der Waals surface area (Å²) >= 11 is 0. The predicted octanol–water partition coefficient (Wildman–Crippen LogP) is 2.95. The molecule has 2 rings (SSSR count). The van der Waals surface area contributed by atoms with Gasteiger partial charge < -0.3 is 10.2 Å². The van der Waals surface area contributed by atoms with Crippen LogP contribution in [-0.2, 0) is 0 Å². The molecule has 0 aliphatic heterocycles. The molecule has 0 bridgehead atoms. The van der Waals surface area contributed by atoms with Crippen LogP contribution in [0.4, 0.5) is 5.82 Å². The first-order valence-corrected chi connectivity index (χ1v) is 8.02. The molecule has 0 saturated heterocycles. The van der Waals surface area contributed by atoms with Crippen LogP contribution in [0.3, 0.4) is 0 Å². The van der Waals surface area contributed by atoms with E-state index in [9.17, 15) is 4.79 Å². The first-order valence-electron chi connectivity index (χ1n) is 8.02. The Morgan fingerprint density at radius 3 is 2.81 bits per heavy atom. The minimum Gasteiger partial charge on any atom is -0.369 e. The predicted molar refractivity (Wildman–Crippen MR) is 84.3 cm³/mol. The van der Waals surface area contributed by atoms with E-state index < -0.39 is 0 Å². The second-order valence-electron chi connectivity index (χ2n) is 5.91. The molecule has 0 unspecified atom stereocenters. The van der Waals surface area contributed by atoms with E-state index in [4.69, 9.17) is 0 Å². The molecular weight excluding hydrogens is 264 g/mol. The summed E-state index contributed by atoms with van der Waals surface area (Å²) in [6, 6.07) is 0. The molecule has 1 amide bonds. The summed E-state index contributed by atoms with van der Waals surface area (Å²) in [4.78, 5) is 22.7. The van der Waals surface area contributed by atoms with Gasteiger partial charge in [0.05, 0.1) is 12.4 Å². The van der Waals surface area contributed by atoms with Gasteiger partial charge in [-0.05, 0) is 25.2 Å². The van der Waals surface area contributed by atoms with Gasteiger partial charge in [-0.3, -0.25) is 9.78 Å². The van der Waals surface area contributed by atoms with E-state index in [1.807, 2.05) is 7.05 Å². The van der Waals surface area contributed by atoms with Gasteiger partial charge in [-0.25, -0.2) is 4.98 Å². The molecule has 1 aromatic rings. The Morgan fingerprint density at radius 2 is 2.10 bits per heavy atom. The number of aromatic nitrogens is 2. The van der Waals surface area contributed by atoms with E-state index >= 15 is 0 Å². The Morgan fingerprint density at radius 1 is 1.33 bits per heavy atom. The molecule has 5 nitrogen and oxygen atoms in total. The van der Waals surface area contributed by atoms with Crippen molar-refractivity contribution in [3.8, 4) is 0 Å². The molecule has 1 heterocycles. The van der Waals surface area contributed by atoms with E-state index in [0.717, 1.165) is 19.5 Å². The number of rotatable bonds is 6. The molecule has 1 N–H and O–H groups in total. The zero-order chi connectivity index (χ0) is 15.1. The Bertz CT molecular complexity index is 457. The quantitative estimate of drug-likeness (QED) is 0.875. The summed E-state index contributed by atoms with van der Waals surface area (Å²) in [6.07, 6.45) is 10.6. The molecule has 0 atom stereocenters. The topological polar surface area (TPSA) is 58.1 Å². The molecule has 0 aromatic carbocycles. The maximum absolute atomic E-state index is 12.4. The molecule has 0 radical (unpaired) electrons. The van der Waals surface area contributed by atoms with Crippen LogP contribution in [0.15, 0.2) is 12.4 Å². The molecule has 116 valence electrons. The van der Waals surface area contributed by atoms with Crippen molar-refractivity contribution in [2.24, 2.45) is 5.92 Å². The number of carbonyl (C=O) groups excluding carboxylic acids is 1. The summed E-state index contributed by atoms with van der Waals surface area (Å²) in [7, 11) is 1.87. The smallest absolute Gasteiger partial charge is 0.273 e. The third-order valence-electron chi connectivity index (χ3n) is 4.01. The molecule has 21 heavy (non-hydrogen) atoms. The first kappa shape index (κ1) is 15.7. The molecular formula is C16H26N4O. The van der Waals surface area contributed by atoms with Crippen LogP contribution in [-0.4, -0.2) is 40.9 Å². The third-order valence-corrected chi connectivity index (χ3v) is 4.01. The number of hydrogen-bond acceptors (Lipinski definition) is 4. The third kappa shape index (κ3) is 4.69. The Kier molecular flexibility index (Phi) is 5.96. The van der Waals surface area contributed by atoms with E-state index in [2.05, 4.69) is 22.2 Å². The fourth-order valence-corrected chi connectivity index (χ4v) is 2.84. The summed E-state index contributed by atoms with van der Waals surface area (Å²) in [6.45, 7) is 3.75. The fourth-order valence-electron chi connectivity index (χ4n) is 2.84. The van der Waals surface area contributed by atoms with Crippen LogP contribution in [0.5, 0.6) is 0 Å². The number of amides is 1. The summed E-state index contributed by atoms with van der Waals surface area (Å²) in [5.41, 5.74) is 0.425. The van der Waals surface area contributed by atoms with E-state index in [1.54, 1.807) is 17.3 Å². The standard InChI is InChI=1S/C16H26N4O/c1-3-9-18-15-11-17-10-14(19-15)16(21)20(2)12-13-7-5-4-6-8-13/h10-11,13H,3-9,12H2,1-2H3,(H,18,19). The number of anilines is 1. The maximum atomic E-state index is 12.4. The van der Waals surface area contributed by atoms with Crippen molar-refractivity contribution in [1.82, 2.24) is 14.9 Å². The molecule has 1 saturated carbocycles. The maximum Gasteiger partial charge on any atom is 0.273 e. The van der Waals surface area contributed by atoms with Gasteiger partial charge in [0.25, 0.3) is 5.91 Å². The van der Waals surface area contributed by atoms with Crippen LogP contribution in [0.25, 0.3) is 0 Å². The average Bonchev–Trinajstić information content (AvgIpc) is 2.53. The highest BCUT2D eigenvalue weighted by atomic mass is 16.2. The van der Waals surface area contributed by atoms with Gasteiger partial charge in [0.1, 0.15) is 11.5 Å². The van der Waals surface area contributed by atoms with Crippen molar-refractivity contribution < 1.29 is 4.79 Å². The summed E-state index contributed by atoms with van der Waals surface area (Å²) in [5.74, 6) is 1.28. The molecule has 0 spiro atoms. The van der Waals surface area contributed by atoms with Gasteiger partial charge in [0.2, 0.25) is 0 Å². The molecule has 1 fully saturated rings. The Balaban J connectivity index is 1.94. The minimum atomic E-state index is -0.0341. The number of carbonyl (C=O) groups is 1. The van der Waals surface area contributed by atoms with E-state index in [0.29, 0.717) is 17.4 Å². The van der Waals surface area contributed by atoms with Crippen molar-refractivity contribution in [2.45, 2.75) is 45.4 Å². The number of nitrogens with one attached hydrogen (secondary N) is 1. The molecule has 1 aromatic heterocycles. The Labute approximate surface area is 127 Å².